The van der Waals surface area contributed by atoms with Gasteiger partial charge in [0, 0.05) is 24.8 Å². The van der Waals surface area contributed by atoms with Gasteiger partial charge in [-0.15, -0.1) is 13.2 Å². The molecule has 5 nitrogen and oxygen atoms in total. The summed E-state index contributed by atoms with van der Waals surface area (Å²) in [5.41, 5.74) is 6.19. The molecule has 110 valence electrons. The average Bonchev–Trinajstić information content (AvgIpc) is 2.38. The number of ether oxygens (including phenoxy) is 1. The maximum atomic E-state index is 12.1. The van der Waals surface area contributed by atoms with Gasteiger partial charge in [0.05, 0.1) is 5.75 Å². The lowest BCUT2D eigenvalue weighted by atomic mass is 10.3. The molecule has 0 fully saturated rings. The first-order chi connectivity index (χ1) is 9.49. The highest BCUT2D eigenvalue weighted by molar-refractivity contribution is 7.89. The minimum absolute atomic E-state index is 0.0660. The molecule has 2 N–H and O–H groups in total. The first-order valence-corrected chi connectivity index (χ1v) is 7.78. The number of sulfonamides is 1. The molecule has 0 aliphatic rings. The van der Waals surface area contributed by atoms with Gasteiger partial charge in [0.25, 0.3) is 0 Å². The molecular formula is C14H20N2O3S. The van der Waals surface area contributed by atoms with Crippen LogP contribution in [0.3, 0.4) is 0 Å². The summed E-state index contributed by atoms with van der Waals surface area (Å²) in [7, 11) is -3.39. The predicted molar refractivity (Wildman–Crippen MR) is 82.1 cm³/mol. The zero-order valence-electron chi connectivity index (χ0n) is 11.4. The number of nitrogens with two attached hydrogens (primary N) is 1. The lowest BCUT2D eigenvalue weighted by molar-refractivity contribution is 0.337. The fraction of sp³-hybridized carbons (Fsp3) is 0.286. The minimum atomic E-state index is -3.39. The first-order valence-electron chi connectivity index (χ1n) is 6.17. The highest BCUT2D eigenvalue weighted by Gasteiger charge is 2.19. The lowest BCUT2D eigenvalue weighted by Gasteiger charge is -2.19. The van der Waals surface area contributed by atoms with Gasteiger partial charge in [0.2, 0.25) is 10.0 Å². The van der Waals surface area contributed by atoms with E-state index in [1.807, 2.05) is 0 Å². The van der Waals surface area contributed by atoms with E-state index in [2.05, 4.69) is 13.2 Å². The van der Waals surface area contributed by atoms with Crippen LogP contribution in [0.1, 0.15) is 0 Å². The normalized spacial score (nSPS) is 11.2. The van der Waals surface area contributed by atoms with Gasteiger partial charge in [-0.1, -0.05) is 18.2 Å². The second-order valence-electron chi connectivity index (χ2n) is 4.13. The summed E-state index contributed by atoms with van der Waals surface area (Å²) in [5, 5.41) is 0. The molecule has 0 aliphatic heterocycles. The van der Waals surface area contributed by atoms with Crippen molar-refractivity contribution in [2.75, 3.05) is 31.2 Å². The van der Waals surface area contributed by atoms with Crippen LogP contribution in [0.5, 0.6) is 5.75 Å². The van der Waals surface area contributed by atoms with Crippen molar-refractivity contribution in [3.8, 4) is 5.75 Å². The molecule has 1 aromatic rings. The molecule has 1 rings (SSSR count). The molecule has 0 atom stereocenters. The average molecular weight is 296 g/mol. The van der Waals surface area contributed by atoms with Crippen LogP contribution in [-0.2, 0) is 10.0 Å². The van der Waals surface area contributed by atoms with E-state index in [0.29, 0.717) is 11.4 Å². The van der Waals surface area contributed by atoms with Gasteiger partial charge in [-0.2, -0.15) is 4.31 Å². The Morgan fingerprint density at radius 1 is 1.25 bits per heavy atom. The zero-order valence-corrected chi connectivity index (χ0v) is 12.2. The van der Waals surface area contributed by atoms with Crippen LogP contribution in [0.2, 0.25) is 0 Å². The van der Waals surface area contributed by atoms with Crippen molar-refractivity contribution in [3.05, 3.63) is 49.6 Å². The molecule has 0 aromatic heterocycles. The monoisotopic (exact) mass is 296 g/mol. The molecule has 0 aliphatic carbocycles. The number of nitrogen functional groups attached to an aromatic ring is 1. The number of hydrogen-bond acceptors (Lipinski definition) is 4. The first kappa shape index (κ1) is 16.3. The topological polar surface area (TPSA) is 72.6 Å². The van der Waals surface area contributed by atoms with Crippen molar-refractivity contribution < 1.29 is 13.2 Å². The Balaban J connectivity index is 2.58. The van der Waals surface area contributed by atoms with Gasteiger partial charge in [0.1, 0.15) is 12.4 Å². The van der Waals surface area contributed by atoms with Crippen molar-refractivity contribution in [1.29, 1.82) is 0 Å². The van der Waals surface area contributed by atoms with Crippen LogP contribution >= 0.6 is 0 Å². The summed E-state index contributed by atoms with van der Waals surface area (Å²) < 4.78 is 30.9. The largest absolute Gasteiger partial charge is 0.492 e. The molecule has 6 heteroatoms. The smallest absolute Gasteiger partial charge is 0.218 e. The zero-order chi connectivity index (χ0) is 15.0. The Bertz CT molecular complexity index is 545. The van der Waals surface area contributed by atoms with Crippen LogP contribution in [-0.4, -0.2) is 38.2 Å². The molecule has 0 radical (unpaired) electrons. The molecule has 0 saturated heterocycles. The summed E-state index contributed by atoms with van der Waals surface area (Å²) in [6.07, 6.45) is 3.08. The van der Waals surface area contributed by atoms with Crippen molar-refractivity contribution in [1.82, 2.24) is 4.31 Å². The van der Waals surface area contributed by atoms with E-state index in [0.717, 1.165) is 0 Å². The standard InChI is InChI=1S/C14H20N2O3S/c1-3-8-16(9-4-2)20(17,18)11-10-19-14-7-5-6-13(15)12-14/h3-7,12H,1-2,8-11,15H2. The minimum Gasteiger partial charge on any atom is -0.492 e. The van der Waals surface area contributed by atoms with E-state index in [4.69, 9.17) is 10.5 Å². The summed E-state index contributed by atoms with van der Waals surface area (Å²) in [4.78, 5) is 0. The quantitative estimate of drug-likeness (QED) is 0.555. The third kappa shape index (κ3) is 5.07. The molecule has 0 heterocycles. The van der Waals surface area contributed by atoms with E-state index in [-0.39, 0.29) is 25.4 Å². The fourth-order valence-corrected chi connectivity index (χ4v) is 2.81. The van der Waals surface area contributed by atoms with Crippen LogP contribution in [0.15, 0.2) is 49.6 Å². The second kappa shape index (κ2) is 7.72. The molecular weight excluding hydrogens is 276 g/mol. The summed E-state index contributed by atoms with van der Waals surface area (Å²) in [6, 6.07) is 6.87. The van der Waals surface area contributed by atoms with E-state index in [1.54, 1.807) is 36.4 Å². The van der Waals surface area contributed by atoms with Gasteiger partial charge in [-0.05, 0) is 12.1 Å². The summed E-state index contributed by atoms with van der Waals surface area (Å²) in [5.74, 6) is 0.447. The number of rotatable bonds is 9. The summed E-state index contributed by atoms with van der Waals surface area (Å²) in [6.45, 7) is 7.68. The van der Waals surface area contributed by atoms with Gasteiger partial charge in [0.15, 0.2) is 0 Å². The maximum Gasteiger partial charge on any atom is 0.218 e. The molecule has 0 amide bonds. The maximum absolute atomic E-state index is 12.1. The number of benzene rings is 1. The third-order valence-corrected chi connectivity index (χ3v) is 4.29. The Hall–Kier alpha value is -1.79. The van der Waals surface area contributed by atoms with Crippen LogP contribution in [0, 0.1) is 0 Å². The SMILES string of the molecule is C=CCN(CC=C)S(=O)(=O)CCOc1cccc(N)c1. The number of hydrogen-bond donors (Lipinski definition) is 1. The molecule has 0 spiro atoms. The summed E-state index contributed by atoms with van der Waals surface area (Å²) >= 11 is 0. The van der Waals surface area contributed by atoms with Crippen LogP contribution < -0.4 is 10.5 Å². The Kier molecular flexibility index (Phi) is 6.27. The van der Waals surface area contributed by atoms with Gasteiger partial charge < -0.3 is 10.5 Å². The van der Waals surface area contributed by atoms with Gasteiger partial charge >= 0.3 is 0 Å². The molecule has 0 unspecified atom stereocenters. The van der Waals surface area contributed by atoms with Crippen LogP contribution in [0.4, 0.5) is 5.69 Å². The van der Waals surface area contributed by atoms with E-state index in [1.165, 1.54) is 4.31 Å². The van der Waals surface area contributed by atoms with Gasteiger partial charge in [-0.25, -0.2) is 8.42 Å². The highest BCUT2D eigenvalue weighted by Crippen LogP contribution is 2.14. The lowest BCUT2D eigenvalue weighted by Crippen LogP contribution is -2.35. The Morgan fingerprint density at radius 3 is 2.45 bits per heavy atom. The molecule has 0 bridgehead atoms. The Morgan fingerprint density at radius 2 is 1.90 bits per heavy atom. The number of nitrogens with zero attached hydrogens (tertiary/aromatic N) is 1. The predicted octanol–water partition coefficient (Wildman–Crippen LogP) is 1.65. The van der Waals surface area contributed by atoms with Crippen LogP contribution in [0.25, 0.3) is 0 Å². The van der Waals surface area contributed by atoms with E-state index < -0.39 is 10.0 Å². The fourth-order valence-electron chi connectivity index (χ4n) is 1.59. The third-order valence-electron chi connectivity index (χ3n) is 2.53. The Labute approximate surface area is 120 Å². The molecule has 1 aromatic carbocycles. The number of anilines is 1. The van der Waals surface area contributed by atoms with Crippen molar-refractivity contribution in [2.24, 2.45) is 0 Å². The van der Waals surface area contributed by atoms with Crippen molar-refractivity contribution in [3.63, 3.8) is 0 Å². The van der Waals surface area contributed by atoms with Crippen molar-refractivity contribution in [2.45, 2.75) is 0 Å². The van der Waals surface area contributed by atoms with Gasteiger partial charge in [-0.3, -0.25) is 0 Å². The molecule has 0 saturated carbocycles. The molecule has 20 heavy (non-hydrogen) atoms. The van der Waals surface area contributed by atoms with Crippen molar-refractivity contribution >= 4 is 15.7 Å². The van der Waals surface area contributed by atoms with E-state index in [9.17, 15) is 8.42 Å². The van der Waals surface area contributed by atoms with E-state index >= 15 is 0 Å². The second-order valence-corrected chi connectivity index (χ2v) is 6.22. The highest BCUT2D eigenvalue weighted by atomic mass is 32.2.